The lowest BCUT2D eigenvalue weighted by Gasteiger charge is -2.12. The highest BCUT2D eigenvalue weighted by atomic mass is 35.5. The Labute approximate surface area is 122 Å². The number of nitriles is 1. The van der Waals surface area contributed by atoms with Crippen molar-refractivity contribution in [3.63, 3.8) is 0 Å². The topological polar surface area (TPSA) is 64.9 Å². The quantitative estimate of drug-likeness (QED) is 0.894. The van der Waals surface area contributed by atoms with Crippen LogP contribution in [-0.4, -0.2) is 5.91 Å². The number of anilines is 3. The summed E-state index contributed by atoms with van der Waals surface area (Å²) in [4.78, 5) is 11.5. The van der Waals surface area contributed by atoms with Gasteiger partial charge in [-0.3, -0.25) is 4.79 Å². The fourth-order valence-corrected chi connectivity index (χ4v) is 1.78. The molecule has 0 saturated carbocycles. The van der Waals surface area contributed by atoms with Crippen LogP contribution in [0.2, 0.25) is 5.02 Å². The SMILES string of the molecule is N#CCC(=O)Nc1ccccc1Nc1ccc(Cl)cc1. The molecular weight excluding hydrogens is 274 g/mol. The van der Waals surface area contributed by atoms with E-state index in [1.165, 1.54) is 0 Å². The maximum Gasteiger partial charge on any atom is 0.238 e. The number of carbonyl (C=O) groups is 1. The molecule has 0 saturated heterocycles. The molecule has 0 aliphatic heterocycles. The summed E-state index contributed by atoms with van der Waals surface area (Å²) in [7, 11) is 0. The van der Waals surface area contributed by atoms with E-state index in [1.54, 1.807) is 18.2 Å². The number of nitrogens with zero attached hydrogens (tertiary/aromatic N) is 1. The zero-order valence-corrected chi connectivity index (χ0v) is 11.3. The molecule has 2 aromatic carbocycles. The van der Waals surface area contributed by atoms with Gasteiger partial charge < -0.3 is 10.6 Å². The summed E-state index contributed by atoms with van der Waals surface area (Å²) < 4.78 is 0. The van der Waals surface area contributed by atoms with Gasteiger partial charge in [0, 0.05) is 10.7 Å². The van der Waals surface area contributed by atoms with Crippen LogP contribution in [0.1, 0.15) is 6.42 Å². The molecule has 4 nitrogen and oxygen atoms in total. The highest BCUT2D eigenvalue weighted by molar-refractivity contribution is 6.30. The molecule has 0 heterocycles. The molecular formula is C15H12ClN3O. The number of hydrogen-bond acceptors (Lipinski definition) is 3. The van der Waals surface area contributed by atoms with Crippen LogP contribution in [0.4, 0.5) is 17.1 Å². The Morgan fingerprint density at radius 1 is 1.10 bits per heavy atom. The lowest BCUT2D eigenvalue weighted by atomic mass is 10.2. The predicted molar refractivity (Wildman–Crippen MR) is 80.0 cm³/mol. The fourth-order valence-electron chi connectivity index (χ4n) is 1.66. The molecule has 20 heavy (non-hydrogen) atoms. The second kappa shape index (κ2) is 6.60. The first-order valence-corrected chi connectivity index (χ1v) is 6.35. The first-order valence-electron chi connectivity index (χ1n) is 5.97. The average molecular weight is 286 g/mol. The monoisotopic (exact) mass is 285 g/mol. The Balaban J connectivity index is 2.17. The predicted octanol–water partition coefficient (Wildman–Crippen LogP) is 3.94. The van der Waals surface area contributed by atoms with E-state index in [1.807, 2.05) is 36.4 Å². The minimum absolute atomic E-state index is 0.171. The molecule has 2 rings (SSSR count). The molecule has 0 bridgehead atoms. The van der Waals surface area contributed by atoms with Crippen molar-refractivity contribution < 1.29 is 4.79 Å². The molecule has 0 unspecified atom stereocenters. The van der Waals surface area contributed by atoms with Crippen LogP contribution in [0.3, 0.4) is 0 Å². The Kier molecular flexibility index (Phi) is 4.59. The molecule has 0 radical (unpaired) electrons. The molecule has 0 aromatic heterocycles. The molecule has 2 N–H and O–H groups in total. The van der Waals surface area contributed by atoms with E-state index in [0.29, 0.717) is 10.7 Å². The Morgan fingerprint density at radius 3 is 2.40 bits per heavy atom. The number of carbonyl (C=O) groups excluding carboxylic acids is 1. The summed E-state index contributed by atoms with van der Waals surface area (Å²) in [5.41, 5.74) is 2.24. The first kappa shape index (κ1) is 13.9. The number of para-hydroxylation sites is 2. The molecule has 1 amide bonds. The van der Waals surface area contributed by atoms with E-state index in [-0.39, 0.29) is 12.3 Å². The van der Waals surface area contributed by atoms with Gasteiger partial charge in [0.2, 0.25) is 5.91 Å². The molecule has 0 atom stereocenters. The van der Waals surface area contributed by atoms with Gasteiger partial charge in [-0.15, -0.1) is 0 Å². The van der Waals surface area contributed by atoms with E-state index in [9.17, 15) is 4.79 Å². The van der Waals surface area contributed by atoms with Crippen molar-refractivity contribution in [2.75, 3.05) is 10.6 Å². The van der Waals surface area contributed by atoms with E-state index >= 15 is 0 Å². The van der Waals surface area contributed by atoms with Gasteiger partial charge in [-0.05, 0) is 36.4 Å². The third kappa shape index (κ3) is 3.74. The lowest BCUT2D eigenvalue weighted by Crippen LogP contribution is -2.11. The van der Waals surface area contributed by atoms with Crippen LogP contribution >= 0.6 is 11.6 Å². The number of halogens is 1. The van der Waals surface area contributed by atoms with Crippen LogP contribution in [0, 0.1) is 11.3 Å². The third-order valence-corrected chi connectivity index (χ3v) is 2.82. The van der Waals surface area contributed by atoms with Gasteiger partial charge in [0.05, 0.1) is 17.4 Å². The zero-order chi connectivity index (χ0) is 14.4. The lowest BCUT2D eigenvalue weighted by molar-refractivity contribution is -0.115. The Bertz CT molecular complexity index is 647. The van der Waals surface area contributed by atoms with Crippen LogP contribution < -0.4 is 10.6 Å². The molecule has 0 spiro atoms. The van der Waals surface area contributed by atoms with E-state index in [4.69, 9.17) is 16.9 Å². The van der Waals surface area contributed by atoms with Crippen molar-refractivity contribution in [1.82, 2.24) is 0 Å². The maximum absolute atomic E-state index is 11.5. The van der Waals surface area contributed by atoms with Gasteiger partial charge >= 0.3 is 0 Å². The Hall–Kier alpha value is -2.51. The standard InChI is InChI=1S/C15H12ClN3O/c16-11-5-7-12(8-6-11)18-13-3-1-2-4-14(13)19-15(20)9-10-17/h1-8,18H,9H2,(H,19,20). The smallest absolute Gasteiger partial charge is 0.238 e. The van der Waals surface area contributed by atoms with E-state index < -0.39 is 0 Å². The van der Waals surface area contributed by atoms with Gasteiger partial charge in [0.1, 0.15) is 6.42 Å². The van der Waals surface area contributed by atoms with Gasteiger partial charge in [0.25, 0.3) is 0 Å². The summed E-state index contributed by atoms with van der Waals surface area (Å²) in [6.07, 6.45) is -0.171. The fraction of sp³-hybridized carbons (Fsp3) is 0.0667. The summed E-state index contributed by atoms with van der Waals surface area (Å²) in [6.45, 7) is 0. The third-order valence-electron chi connectivity index (χ3n) is 2.56. The number of amides is 1. The van der Waals surface area contributed by atoms with Gasteiger partial charge in [0.15, 0.2) is 0 Å². The molecule has 100 valence electrons. The normalized spacial score (nSPS) is 9.60. The van der Waals surface area contributed by atoms with Crippen LogP contribution in [0.25, 0.3) is 0 Å². The largest absolute Gasteiger partial charge is 0.354 e. The van der Waals surface area contributed by atoms with Crippen molar-refractivity contribution in [1.29, 1.82) is 5.26 Å². The molecule has 0 aliphatic carbocycles. The van der Waals surface area contributed by atoms with E-state index in [2.05, 4.69) is 10.6 Å². The number of nitrogens with one attached hydrogen (secondary N) is 2. The minimum Gasteiger partial charge on any atom is -0.354 e. The second-order valence-electron chi connectivity index (χ2n) is 4.06. The van der Waals surface area contributed by atoms with Crippen molar-refractivity contribution in [2.24, 2.45) is 0 Å². The summed E-state index contributed by atoms with van der Waals surface area (Å²) >= 11 is 5.83. The molecule has 0 fully saturated rings. The minimum atomic E-state index is -0.335. The molecule has 0 aliphatic rings. The number of benzene rings is 2. The Morgan fingerprint density at radius 2 is 1.75 bits per heavy atom. The van der Waals surface area contributed by atoms with Crippen molar-refractivity contribution >= 4 is 34.6 Å². The summed E-state index contributed by atoms with van der Waals surface area (Å²) in [5, 5.41) is 15.0. The van der Waals surface area contributed by atoms with Crippen LogP contribution in [0.5, 0.6) is 0 Å². The van der Waals surface area contributed by atoms with Gasteiger partial charge in [-0.25, -0.2) is 0 Å². The summed E-state index contributed by atoms with van der Waals surface area (Å²) in [5.74, 6) is -0.335. The van der Waals surface area contributed by atoms with Crippen molar-refractivity contribution in [3.8, 4) is 6.07 Å². The summed E-state index contributed by atoms with van der Waals surface area (Å²) in [6, 6.07) is 16.3. The highest BCUT2D eigenvalue weighted by Gasteiger charge is 2.06. The van der Waals surface area contributed by atoms with Gasteiger partial charge in [-0.1, -0.05) is 23.7 Å². The zero-order valence-electron chi connectivity index (χ0n) is 10.6. The first-order chi connectivity index (χ1) is 9.69. The number of rotatable bonds is 4. The van der Waals surface area contributed by atoms with Gasteiger partial charge in [-0.2, -0.15) is 5.26 Å². The maximum atomic E-state index is 11.5. The highest BCUT2D eigenvalue weighted by Crippen LogP contribution is 2.26. The second-order valence-corrected chi connectivity index (χ2v) is 4.50. The molecule has 2 aromatic rings. The van der Waals surface area contributed by atoms with Crippen molar-refractivity contribution in [2.45, 2.75) is 6.42 Å². The van der Waals surface area contributed by atoms with E-state index in [0.717, 1.165) is 11.4 Å². The average Bonchev–Trinajstić information content (AvgIpc) is 2.44. The molecule has 5 heteroatoms. The van der Waals surface area contributed by atoms with Crippen molar-refractivity contribution in [3.05, 3.63) is 53.6 Å². The van der Waals surface area contributed by atoms with Crippen LogP contribution in [-0.2, 0) is 4.79 Å². The number of hydrogen-bond donors (Lipinski definition) is 2. The van der Waals surface area contributed by atoms with Crippen LogP contribution in [0.15, 0.2) is 48.5 Å².